The van der Waals surface area contributed by atoms with E-state index in [-0.39, 0.29) is 6.04 Å². The summed E-state index contributed by atoms with van der Waals surface area (Å²) in [6.45, 7) is 0. The van der Waals surface area contributed by atoms with Crippen LogP contribution in [0.15, 0.2) is 42.5 Å². The average Bonchev–Trinajstić information content (AvgIpc) is 2.59. The van der Waals surface area contributed by atoms with Crippen LogP contribution in [0.4, 0.5) is 0 Å². The molecule has 0 spiro atoms. The summed E-state index contributed by atoms with van der Waals surface area (Å²) in [4.78, 5) is 0. The molecule has 0 saturated heterocycles. The second kappa shape index (κ2) is 7.71. The van der Waals surface area contributed by atoms with Crippen molar-refractivity contribution in [1.82, 2.24) is 0 Å². The average molecular weight is 301 g/mol. The Kier molecular flexibility index (Phi) is 5.67. The zero-order chi connectivity index (χ0) is 15.9. The number of methoxy groups -OCH3 is 3. The van der Waals surface area contributed by atoms with Gasteiger partial charge in [-0.05, 0) is 42.2 Å². The lowest BCUT2D eigenvalue weighted by Crippen LogP contribution is -2.11. The molecule has 2 aromatic rings. The Hall–Kier alpha value is -2.20. The van der Waals surface area contributed by atoms with Gasteiger partial charge in [0.05, 0.1) is 21.3 Å². The summed E-state index contributed by atoms with van der Waals surface area (Å²) >= 11 is 0. The van der Waals surface area contributed by atoms with E-state index < -0.39 is 0 Å². The third-order valence-electron chi connectivity index (χ3n) is 3.75. The van der Waals surface area contributed by atoms with Gasteiger partial charge in [0.25, 0.3) is 0 Å². The molecule has 0 radical (unpaired) electrons. The van der Waals surface area contributed by atoms with E-state index in [1.165, 1.54) is 0 Å². The van der Waals surface area contributed by atoms with Gasteiger partial charge in [-0.25, -0.2) is 0 Å². The quantitative estimate of drug-likeness (QED) is 0.852. The van der Waals surface area contributed by atoms with Crippen LogP contribution >= 0.6 is 0 Å². The number of para-hydroxylation sites is 1. The Morgan fingerprint density at radius 3 is 2.23 bits per heavy atom. The van der Waals surface area contributed by atoms with Crippen LogP contribution < -0.4 is 19.9 Å². The van der Waals surface area contributed by atoms with Gasteiger partial charge in [0, 0.05) is 6.04 Å². The molecule has 2 rings (SSSR count). The number of benzene rings is 2. The molecule has 2 N–H and O–H groups in total. The Morgan fingerprint density at radius 1 is 0.909 bits per heavy atom. The highest BCUT2D eigenvalue weighted by Crippen LogP contribution is 2.32. The lowest BCUT2D eigenvalue weighted by atomic mass is 9.99. The van der Waals surface area contributed by atoms with Crippen LogP contribution in [-0.4, -0.2) is 21.3 Å². The Labute approximate surface area is 131 Å². The van der Waals surface area contributed by atoms with Gasteiger partial charge in [-0.2, -0.15) is 0 Å². The summed E-state index contributed by atoms with van der Waals surface area (Å²) in [5, 5.41) is 0. The molecule has 0 saturated carbocycles. The highest BCUT2D eigenvalue weighted by molar-refractivity contribution is 5.46. The number of rotatable bonds is 7. The summed E-state index contributed by atoms with van der Waals surface area (Å²) in [7, 11) is 4.96. The summed E-state index contributed by atoms with van der Waals surface area (Å²) in [5.74, 6) is 2.37. The molecule has 0 amide bonds. The van der Waals surface area contributed by atoms with Gasteiger partial charge >= 0.3 is 0 Å². The van der Waals surface area contributed by atoms with Gasteiger partial charge in [-0.1, -0.05) is 24.3 Å². The molecule has 22 heavy (non-hydrogen) atoms. The molecule has 4 nitrogen and oxygen atoms in total. The van der Waals surface area contributed by atoms with E-state index in [9.17, 15) is 0 Å². The maximum absolute atomic E-state index is 6.28. The second-order valence-corrected chi connectivity index (χ2v) is 5.07. The molecule has 1 unspecified atom stereocenters. The van der Waals surface area contributed by atoms with Crippen molar-refractivity contribution in [2.45, 2.75) is 18.9 Å². The highest BCUT2D eigenvalue weighted by Gasteiger charge is 2.12. The van der Waals surface area contributed by atoms with Crippen molar-refractivity contribution in [3.63, 3.8) is 0 Å². The second-order valence-electron chi connectivity index (χ2n) is 5.07. The van der Waals surface area contributed by atoms with Crippen LogP contribution in [0.1, 0.15) is 23.6 Å². The smallest absolute Gasteiger partial charge is 0.163 e. The van der Waals surface area contributed by atoms with Crippen molar-refractivity contribution in [1.29, 1.82) is 0 Å². The molecule has 0 heterocycles. The van der Waals surface area contributed by atoms with Crippen molar-refractivity contribution in [2.75, 3.05) is 21.3 Å². The fourth-order valence-corrected chi connectivity index (χ4v) is 2.48. The Balaban J connectivity index is 2.05. The maximum atomic E-state index is 6.28. The summed E-state index contributed by atoms with van der Waals surface area (Å²) in [5.41, 5.74) is 8.49. The van der Waals surface area contributed by atoms with Crippen LogP contribution in [0, 0.1) is 0 Å². The third-order valence-corrected chi connectivity index (χ3v) is 3.75. The normalized spacial score (nSPS) is 11.8. The number of nitrogens with two attached hydrogens (primary N) is 1. The Bertz CT molecular complexity index is 596. The molecule has 0 bridgehead atoms. The minimum absolute atomic E-state index is 0.0261. The van der Waals surface area contributed by atoms with Crippen LogP contribution in [0.3, 0.4) is 0 Å². The first kappa shape index (κ1) is 16.2. The first-order valence-corrected chi connectivity index (χ1v) is 7.29. The summed E-state index contributed by atoms with van der Waals surface area (Å²) in [6.07, 6.45) is 1.66. The van der Waals surface area contributed by atoms with Crippen molar-refractivity contribution in [2.24, 2.45) is 5.73 Å². The fourth-order valence-electron chi connectivity index (χ4n) is 2.48. The van der Waals surface area contributed by atoms with Crippen LogP contribution in [0.2, 0.25) is 0 Å². The molecule has 118 valence electrons. The van der Waals surface area contributed by atoms with Gasteiger partial charge in [0.15, 0.2) is 11.5 Å². The zero-order valence-corrected chi connectivity index (χ0v) is 13.3. The molecule has 4 heteroatoms. The van der Waals surface area contributed by atoms with Gasteiger partial charge in [0.2, 0.25) is 0 Å². The van der Waals surface area contributed by atoms with Crippen LogP contribution in [0.5, 0.6) is 17.2 Å². The monoisotopic (exact) mass is 301 g/mol. The summed E-state index contributed by atoms with van der Waals surface area (Å²) in [6, 6.07) is 13.8. The SMILES string of the molecule is COc1ccc(C(N)CCc2cccc(OC)c2OC)cc1. The number of hydrogen-bond donors (Lipinski definition) is 1. The number of hydrogen-bond acceptors (Lipinski definition) is 4. The third kappa shape index (κ3) is 3.71. The molecule has 0 aliphatic heterocycles. The van der Waals surface area contributed by atoms with E-state index in [1.807, 2.05) is 42.5 Å². The summed E-state index contributed by atoms with van der Waals surface area (Å²) < 4.78 is 15.9. The lowest BCUT2D eigenvalue weighted by molar-refractivity contribution is 0.351. The standard InChI is InChI=1S/C18H23NO3/c1-20-15-10-7-13(8-11-15)16(19)12-9-14-5-4-6-17(21-2)18(14)22-3/h4-8,10-11,16H,9,12,19H2,1-3H3. The number of ether oxygens (including phenoxy) is 3. The molecular formula is C18H23NO3. The zero-order valence-electron chi connectivity index (χ0n) is 13.3. The van der Waals surface area contributed by atoms with Crippen molar-refractivity contribution in [3.8, 4) is 17.2 Å². The molecule has 2 aromatic carbocycles. The topological polar surface area (TPSA) is 53.7 Å². The highest BCUT2D eigenvalue weighted by atomic mass is 16.5. The first-order valence-electron chi connectivity index (χ1n) is 7.29. The molecule has 0 aliphatic rings. The van der Waals surface area contributed by atoms with E-state index >= 15 is 0 Å². The van der Waals surface area contributed by atoms with E-state index in [0.717, 1.165) is 41.2 Å². The van der Waals surface area contributed by atoms with Gasteiger partial charge in [-0.3, -0.25) is 0 Å². The first-order chi connectivity index (χ1) is 10.7. The minimum Gasteiger partial charge on any atom is -0.497 e. The largest absolute Gasteiger partial charge is 0.497 e. The fraction of sp³-hybridized carbons (Fsp3) is 0.333. The van der Waals surface area contributed by atoms with E-state index in [0.29, 0.717) is 0 Å². The maximum Gasteiger partial charge on any atom is 0.163 e. The van der Waals surface area contributed by atoms with E-state index in [4.69, 9.17) is 19.9 Å². The predicted octanol–water partition coefficient (Wildman–Crippen LogP) is 3.35. The number of aryl methyl sites for hydroxylation is 1. The predicted molar refractivity (Wildman–Crippen MR) is 87.8 cm³/mol. The molecule has 0 aromatic heterocycles. The van der Waals surface area contributed by atoms with Crippen LogP contribution in [-0.2, 0) is 6.42 Å². The lowest BCUT2D eigenvalue weighted by Gasteiger charge is -2.15. The van der Waals surface area contributed by atoms with Crippen molar-refractivity contribution < 1.29 is 14.2 Å². The van der Waals surface area contributed by atoms with Gasteiger partial charge < -0.3 is 19.9 Å². The minimum atomic E-state index is -0.0261. The van der Waals surface area contributed by atoms with Crippen molar-refractivity contribution >= 4 is 0 Å². The van der Waals surface area contributed by atoms with E-state index in [1.54, 1.807) is 21.3 Å². The molecule has 0 fully saturated rings. The van der Waals surface area contributed by atoms with E-state index in [2.05, 4.69) is 0 Å². The molecule has 1 atom stereocenters. The Morgan fingerprint density at radius 2 is 1.64 bits per heavy atom. The van der Waals surface area contributed by atoms with Crippen LogP contribution in [0.25, 0.3) is 0 Å². The molecular weight excluding hydrogens is 278 g/mol. The van der Waals surface area contributed by atoms with Gasteiger partial charge in [0.1, 0.15) is 5.75 Å². The molecule has 0 aliphatic carbocycles. The van der Waals surface area contributed by atoms with Crippen molar-refractivity contribution in [3.05, 3.63) is 53.6 Å². The van der Waals surface area contributed by atoms with Gasteiger partial charge in [-0.15, -0.1) is 0 Å².